The van der Waals surface area contributed by atoms with E-state index >= 15 is 0 Å². The Bertz CT molecular complexity index is 421. The third kappa shape index (κ3) is 4.13. The van der Waals surface area contributed by atoms with Gasteiger partial charge in [-0.1, -0.05) is 25.3 Å². The summed E-state index contributed by atoms with van der Waals surface area (Å²) < 4.78 is 19.2. The van der Waals surface area contributed by atoms with Gasteiger partial charge in [-0.25, -0.2) is 4.39 Å². The molecule has 0 amide bonds. The third-order valence-corrected chi connectivity index (χ3v) is 5.45. The van der Waals surface area contributed by atoms with Gasteiger partial charge in [-0.05, 0) is 26.0 Å². The average Bonchev–Trinajstić information content (AvgIpc) is 2.50. The predicted octanol–water partition coefficient (Wildman–Crippen LogP) is 4.16. The average molecular weight is 297 g/mol. The highest BCUT2D eigenvalue weighted by atomic mass is 32.2. The Hall–Kier alpha value is -0.740. The monoisotopic (exact) mass is 297 g/mol. The zero-order valence-electron chi connectivity index (χ0n) is 12.3. The first-order valence-corrected chi connectivity index (χ1v) is 8.41. The Labute approximate surface area is 125 Å². The summed E-state index contributed by atoms with van der Waals surface area (Å²) >= 11 is 1.98. The molecule has 1 aliphatic carbocycles. The van der Waals surface area contributed by atoms with Gasteiger partial charge < -0.3 is 10.1 Å². The van der Waals surface area contributed by atoms with Gasteiger partial charge in [0, 0.05) is 28.7 Å². The fourth-order valence-electron chi connectivity index (χ4n) is 2.71. The molecular formula is C16H24FNOS. The highest BCUT2D eigenvalue weighted by Crippen LogP contribution is 2.32. The van der Waals surface area contributed by atoms with Crippen LogP contribution in [0.1, 0.15) is 43.7 Å². The Kier molecular flexibility index (Phi) is 6.17. The summed E-state index contributed by atoms with van der Waals surface area (Å²) in [5.74, 6) is 1.30. The number of methoxy groups -OCH3 is 1. The van der Waals surface area contributed by atoms with Gasteiger partial charge in [0.2, 0.25) is 0 Å². The molecule has 4 heteroatoms. The second kappa shape index (κ2) is 7.89. The van der Waals surface area contributed by atoms with E-state index in [9.17, 15) is 4.39 Å². The van der Waals surface area contributed by atoms with Crippen LogP contribution in [-0.2, 0) is 0 Å². The van der Waals surface area contributed by atoms with Crippen LogP contribution in [0.15, 0.2) is 18.2 Å². The van der Waals surface area contributed by atoms with Crippen LogP contribution in [0, 0.1) is 5.82 Å². The van der Waals surface area contributed by atoms with Crippen molar-refractivity contribution >= 4 is 11.8 Å². The van der Waals surface area contributed by atoms with Crippen molar-refractivity contribution in [3.63, 3.8) is 0 Å². The molecule has 1 N–H and O–H groups in total. The van der Waals surface area contributed by atoms with Crippen molar-refractivity contribution in [3.05, 3.63) is 29.6 Å². The lowest BCUT2D eigenvalue weighted by atomic mass is 10.0. The van der Waals surface area contributed by atoms with E-state index in [2.05, 4.69) is 5.32 Å². The number of hydrogen-bond acceptors (Lipinski definition) is 3. The van der Waals surface area contributed by atoms with E-state index in [1.807, 2.05) is 30.9 Å². The summed E-state index contributed by atoms with van der Waals surface area (Å²) in [6.07, 6.45) is 6.69. The van der Waals surface area contributed by atoms with E-state index in [0.717, 1.165) is 16.6 Å². The SMILES string of the molecule is CNC(CSC1CCCCC1)c1ccc(OC)cc1F. The maximum Gasteiger partial charge on any atom is 0.131 e. The van der Waals surface area contributed by atoms with Crippen LogP contribution in [0.4, 0.5) is 4.39 Å². The van der Waals surface area contributed by atoms with Crippen molar-refractivity contribution in [2.75, 3.05) is 19.9 Å². The van der Waals surface area contributed by atoms with Gasteiger partial charge in [-0.15, -0.1) is 0 Å². The Balaban J connectivity index is 1.96. The van der Waals surface area contributed by atoms with Crippen molar-refractivity contribution in [3.8, 4) is 5.75 Å². The van der Waals surface area contributed by atoms with Gasteiger partial charge in [-0.3, -0.25) is 0 Å². The normalized spacial score (nSPS) is 17.9. The van der Waals surface area contributed by atoms with Gasteiger partial charge in [-0.2, -0.15) is 11.8 Å². The van der Waals surface area contributed by atoms with Crippen molar-refractivity contribution in [2.24, 2.45) is 0 Å². The number of halogens is 1. The molecule has 2 nitrogen and oxygen atoms in total. The Morgan fingerprint density at radius 3 is 2.70 bits per heavy atom. The van der Waals surface area contributed by atoms with Gasteiger partial charge in [0.15, 0.2) is 0 Å². The number of benzene rings is 1. The molecule has 20 heavy (non-hydrogen) atoms. The van der Waals surface area contributed by atoms with E-state index in [0.29, 0.717) is 5.75 Å². The molecule has 0 aromatic heterocycles. The van der Waals surface area contributed by atoms with E-state index in [1.165, 1.54) is 38.2 Å². The molecule has 2 rings (SSSR count). The molecule has 0 spiro atoms. The fraction of sp³-hybridized carbons (Fsp3) is 0.625. The number of thioether (sulfide) groups is 1. The van der Waals surface area contributed by atoms with E-state index in [4.69, 9.17) is 4.74 Å². The van der Waals surface area contributed by atoms with Crippen LogP contribution >= 0.6 is 11.8 Å². The summed E-state index contributed by atoms with van der Waals surface area (Å²) in [5.41, 5.74) is 0.733. The number of ether oxygens (including phenoxy) is 1. The van der Waals surface area contributed by atoms with Gasteiger partial charge in [0.25, 0.3) is 0 Å². The maximum absolute atomic E-state index is 14.1. The molecule has 0 bridgehead atoms. The lowest BCUT2D eigenvalue weighted by Gasteiger charge is -2.24. The van der Waals surface area contributed by atoms with Crippen molar-refractivity contribution in [2.45, 2.75) is 43.4 Å². The molecule has 0 aliphatic heterocycles. The van der Waals surface area contributed by atoms with Crippen LogP contribution in [-0.4, -0.2) is 25.2 Å². The quantitative estimate of drug-likeness (QED) is 0.852. The summed E-state index contributed by atoms with van der Waals surface area (Å²) in [5, 5.41) is 3.99. The zero-order valence-corrected chi connectivity index (χ0v) is 13.1. The van der Waals surface area contributed by atoms with Gasteiger partial charge in [0.1, 0.15) is 11.6 Å². The highest BCUT2D eigenvalue weighted by molar-refractivity contribution is 7.99. The number of nitrogens with one attached hydrogen (secondary N) is 1. The number of rotatable bonds is 6. The first-order chi connectivity index (χ1) is 9.74. The molecule has 1 aromatic rings. The van der Waals surface area contributed by atoms with Crippen LogP contribution < -0.4 is 10.1 Å². The first-order valence-electron chi connectivity index (χ1n) is 7.37. The van der Waals surface area contributed by atoms with Crippen molar-refractivity contribution in [1.82, 2.24) is 5.32 Å². The molecule has 112 valence electrons. The fourth-order valence-corrected chi connectivity index (χ4v) is 4.19. The molecule has 1 aliphatic rings. The second-order valence-corrected chi connectivity index (χ2v) is 6.66. The molecular weight excluding hydrogens is 273 g/mol. The van der Waals surface area contributed by atoms with Crippen LogP contribution in [0.25, 0.3) is 0 Å². The van der Waals surface area contributed by atoms with E-state index in [-0.39, 0.29) is 11.9 Å². The molecule has 0 saturated heterocycles. The van der Waals surface area contributed by atoms with E-state index in [1.54, 1.807) is 7.11 Å². The van der Waals surface area contributed by atoms with Gasteiger partial charge >= 0.3 is 0 Å². The molecule has 0 radical (unpaired) electrons. The van der Waals surface area contributed by atoms with Gasteiger partial charge in [0.05, 0.1) is 7.11 Å². The lowest BCUT2D eigenvalue weighted by molar-refractivity contribution is 0.410. The Morgan fingerprint density at radius 2 is 2.10 bits per heavy atom. The minimum atomic E-state index is -0.187. The third-order valence-electron chi connectivity index (χ3n) is 3.98. The Morgan fingerprint density at radius 1 is 1.35 bits per heavy atom. The predicted molar refractivity (Wildman–Crippen MR) is 84.1 cm³/mol. The smallest absolute Gasteiger partial charge is 0.131 e. The van der Waals surface area contributed by atoms with Crippen LogP contribution in [0.2, 0.25) is 0 Å². The lowest BCUT2D eigenvalue weighted by Crippen LogP contribution is -2.22. The largest absolute Gasteiger partial charge is 0.497 e. The second-order valence-electron chi connectivity index (χ2n) is 5.32. The van der Waals surface area contributed by atoms with Crippen molar-refractivity contribution < 1.29 is 9.13 Å². The highest BCUT2D eigenvalue weighted by Gasteiger charge is 2.19. The molecule has 1 aromatic carbocycles. The van der Waals surface area contributed by atoms with E-state index < -0.39 is 0 Å². The summed E-state index contributed by atoms with van der Waals surface area (Å²) in [6, 6.07) is 5.18. The number of hydrogen-bond donors (Lipinski definition) is 1. The molecule has 1 saturated carbocycles. The minimum absolute atomic E-state index is 0.0628. The first kappa shape index (κ1) is 15.6. The van der Waals surface area contributed by atoms with Crippen LogP contribution in [0.3, 0.4) is 0 Å². The summed E-state index contributed by atoms with van der Waals surface area (Å²) in [4.78, 5) is 0. The standard InChI is InChI=1S/C16H24FNOS/c1-18-16(11-20-13-6-4-3-5-7-13)14-9-8-12(19-2)10-15(14)17/h8-10,13,16,18H,3-7,11H2,1-2H3. The van der Waals surface area contributed by atoms with Crippen LogP contribution in [0.5, 0.6) is 5.75 Å². The molecule has 1 unspecified atom stereocenters. The zero-order chi connectivity index (χ0) is 14.4. The van der Waals surface area contributed by atoms with Crippen molar-refractivity contribution in [1.29, 1.82) is 0 Å². The topological polar surface area (TPSA) is 21.3 Å². The molecule has 1 atom stereocenters. The summed E-state index contributed by atoms with van der Waals surface area (Å²) in [7, 11) is 3.46. The maximum atomic E-state index is 14.1. The summed E-state index contributed by atoms with van der Waals surface area (Å²) in [6.45, 7) is 0. The molecule has 0 heterocycles. The molecule has 1 fully saturated rings. The minimum Gasteiger partial charge on any atom is -0.497 e.